The molecule has 0 aromatic heterocycles. The van der Waals surface area contributed by atoms with Crippen molar-refractivity contribution >= 4 is 28.9 Å². The van der Waals surface area contributed by atoms with Gasteiger partial charge in [0.05, 0.1) is 5.38 Å². The second-order valence-electron chi connectivity index (χ2n) is 4.29. The third-order valence-electron chi connectivity index (χ3n) is 2.87. The molecule has 0 aliphatic heterocycles. The van der Waals surface area contributed by atoms with E-state index in [4.69, 9.17) is 23.2 Å². The molecule has 100 valence electrons. The van der Waals surface area contributed by atoms with Crippen molar-refractivity contribution in [2.24, 2.45) is 0 Å². The van der Waals surface area contributed by atoms with Crippen LogP contribution >= 0.6 is 23.2 Å². The van der Waals surface area contributed by atoms with Crippen LogP contribution in [0.5, 0.6) is 0 Å². The number of para-hydroxylation sites is 1. The molecule has 0 aliphatic rings. The lowest BCUT2D eigenvalue weighted by molar-refractivity contribution is 0.626. The normalized spacial score (nSPS) is 12.2. The van der Waals surface area contributed by atoms with Gasteiger partial charge in [-0.25, -0.2) is 4.39 Å². The molecule has 0 amide bonds. The Labute approximate surface area is 122 Å². The molecule has 2 rings (SSSR count). The van der Waals surface area contributed by atoms with Crippen LogP contribution in [0, 0.1) is 5.82 Å². The first-order valence-corrected chi connectivity index (χ1v) is 6.80. The van der Waals surface area contributed by atoms with Gasteiger partial charge >= 0.3 is 0 Å². The van der Waals surface area contributed by atoms with Crippen LogP contribution in [0.1, 0.15) is 23.4 Å². The highest BCUT2D eigenvalue weighted by Gasteiger charge is 2.08. The lowest BCUT2D eigenvalue weighted by Crippen LogP contribution is -2.03. The highest BCUT2D eigenvalue weighted by Crippen LogP contribution is 2.28. The Bertz CT molecular complexity index is 570. The molecule has 1 N–H and O–H groups in total. The van der Waals surface area contributed by atoms with Gasteiger partial charge in [0.1, 0.15) is 5.82 Å². The van der Waals surface area contributed by atoms with Crippen molar-refractivity contribution in [1.29, 1.82) is 0 Å². The van der Waals surface area contributed by atoms with E-state index >= 15 is 0 Å². The van der Waals surface area contributed by atoms with Gasteiger partial charge in [-0.05, 0) is 42.3 Å². The number of rotatable bonds is 4. The van der Waals surface area contributed by atoms with E-state index in [9.17, 15) is 4.39 Å². The zero-order valence-electron chi connectivity index (χ0n) is 10.5. The summed E-state index contributed by atoms with van der Waals surface area (Å²) in [7, 11) is 0. The molecule has 1 unspecified atom stereocenters. The molecule has 0 saturated heterocycles. The summed E-state index contributed by atoms with van der Waals surface area (Å²) in [4.78, 5) is 0. The van der Waals surface area contributed by atoms with Crippen LogP contribution in [0.25, 0.3) is 0 Å². The van der Waals surface area contributed by atoms with Gasteiger partial charge in [0.15, 0.2) is 0 Å². The van der Waals surface area contributed by atoms with Crippen molar-refractivity contribution in [1.82, 2.24) is 0 Å². The van der Waals surface area contributed by atoms with E-state index in [1.165, 1.54) is 12.1 Å². The summed E-state index contributed by atoms with van der Waals surface area (Å²) < 4.78 is 13.2. The molecule has 4 heteroatoms. The predicted octanol–water partition coefficient (Wildman–Crippen LogP) is 5.39. The number of hydrogen-bond donors (Lipinski definition) is 1. The van der Waals surface area contributed by atoms with E-state index in [1.54, 1.807) is 6.07 Å². The molecule has 0 radical (unpaired) electrons. The molecule has 2 aromatic rings. The third kappa shape index (κ3) is 3.62. The average Bonchev–Trinajstić information content (AvgIpc) is 2.40. The number of halogens is 3. The van der Waals surface area contributed by atoms with Gasteiger partial charge in [0.25, 0.3) is 0 Å². The highest BCUT2D eigenvalue weighted by molar-refractivity contribution is 6.31. The summed E-state index contributed by atoms with van der Waals surface area (Å²) in [6, 6.07) is 12.1. The summed E-state index contributed by atoms with van der Waals surface area (Å²) in [5, 5.41) is 3.70. The van der Waals surface area contributed by atoms with Gasteiger partial charge < -0.3 is 5.32 Å². The SMILES string of the molecule is CC(Cl)c1ccccc1NCc1cc(F)ccc1Cl. The fourth-order valence-electron chi connectivity index (χ4n) is 1.87. The van der Waals surface area contributed by atoms with Crippen molar-refractivity contribution in [3.63, 3.8) is 0 Å². The van der Waals surface area contributed by atoms with E-state index in [2.05, 4.69) is 5.32 Å². The van der Waals surface area contributed by atoms with E-state index < -0.39 is 0 Å². The Balaban J connectivity index is 2.17. The molecule has 0 bridgehead atoms. The number of benzene rings is 2. The maximum Gasteiger partial charge on any atom is 0.123 e. The Hall–Kier alpha value is -1.25. The van der Waals surface area contributed by atoms with E-state index in [-0.39, 0.29) is 11.2 Å². The van der Waals surface area contributed by atoms with Crippen molar-refractivity contribution in [2.45, 2.75) is 18.8 Å². The second kappa shape index (κ2) is 6.27. The maximum atomic E-state index is 13.2. The van der Waals surface area contributed by atoms with Gasteiger partial charge in [-0.15, -0.1) is 11.6 Å². The summed E-state index contributed by atoms with van der Waals surface area (Å²) in [6.45, 7) is 2.37. The monoisotopic (exact) mass is 297 g/mol. The van der Waals surface area contributed by atoms with E-state index in [0.717, 1.165) is 16.8 Å². The first-order chi connectivity index (χ1) is 9.08. The Morgan fingerprint density at radius 1 is 1.21 bits per heavy atom. The minimum absolute atomic E-state index is 0.0910. The molecule has 19 heavy (non-hydrogen) atoms. The van der Waals surface area contributed by atoms with Crippen LogP contribution in [0.3, 0.4) is 0 Å². The topological polar surface area (TPSA) is 12.0 Å². The minimum atomic E-state index is -0.291. The van der Waals surface area contributed by atoms with Crippen LogP contribution in [0.15, 0.2) is 42.5 Å². The van der Waals surface area contributed by atoms with Gasteiger partial charge in [0.2, 0.25) is 0 Å². The van der Waals surface area contributed by atoms with Crippen molar-refractivity contribution < 1.29 is 4.39 Å². The second-order valence-corrected chi connectivity index (χ2v) is 5.35. The smallest absolute Gasteiger partial charge is 0.123 e. The van der Waals surface area contributed by atoms with Gasteiger partial charge in [-0.1, -0.05) is 29.8 Å². The van der Waals surface area contributed by atoms with Crippen LogP contribution in [-0.2, 0) is 6.54 Å². The molecule has 0 heterocycles. The van der Waals surface area contributed by atoms with Gasteiger partial charge in [-0.2, -0.15) is 0 Å². The van der Waals surface area contributed by atoms with Crippen molar-refractivity contribution in [2.75, 3.05) is 5.32 Å². The van der Waals surface area contributed by atoms with Crippen LogP contribution in [0.2, 0.25) is 5.02 Å². The van der Waals surface area contributed by atoms with Gasteiger partial charge in [-0.3, -0.25) is 0 Å². The Morgan fingerprint density at radius 2 is 1.95 bits per heavy atom. The van der Waals surface area contributed by atoms with Gasteiger partial charge in [0, 0.05) is 17.3 Å². The molecular formula is C15H14Cl2FN. The number of alkyl halides is 1. The molecule has 0 saturated carbocycles. The van der Waals surface area contributed by atoms with Crippen molar-refractivity contribution in [3.8, 4) is 0 Å². The summed E-state index contributed by atoms with van der Waals surface area (Å²) >= 11 is 12.2. The van der Waals surface area contributed by atoms with Crippen LogP contribution < -0.4 is 5.32 Å². The molecule has 1 atom stereocenters. The number of hydrogen-bond acceptors (Lipinski definition) is 1. The molecule has 0 fully saturated rings. The largest absolute Gasteiger partial charge is 0.381 e. The predicted molar refractivity (Wildman–Crippen MR) is 79.4 cm³/mol. The quantitative estimate of drug-likeness (QED) is 0.746. The molecule has 0 aliphatic carbocycles. The maximum absolute atomic E-state index is 13.2. The minimum Gasteiger partial charge on any atom is -0.381 e. The fraction of sp³-hybridized carbons (Fsp3) is 0.200. The van der Waals surface area contributed by atoms with E-state index in [1.807, 2.05) is 31.2 Å². The van der Waals surface area contributed by atoms with Crippen LogP contribution in [0.4, 0.5) is 10.1 Å². The Morgan fingerprint density at radius 3 is 2.68 bits per heavy atom. The first-order valence-electron chi connectivity index (χ1n) is 5.98. The fourth-order valence-corrected chi connectivity index (χ4v) is 2.25. The number of nitrogens with one attached hydrogen (secondary N) is 1. The molecule has 1 nitrogen and oxygen atoms in total. The summed E-state index contributed by atoms with van der Waals surface area (Å²) in [6.07, 6.45) is 0. The van der Waals surface area contributed by atoms with Crippen molar-refractivity contribution in [3.05, 3.63) is 64.4 Å². The zero-order valence-corrected chi connectivity index (χ0v) is 12.0. The van der Waals surface area contributed by atoms with E-state index in [0.29, 0.717) is 11.6 Å². The Kier molecular flexibility index (Phi) is 4.67. The average molecular weight is 298 g/mol. The zero-order chi connectivity index (χ0) is 13.8. The first kappa shape index (κ1) is 14.2. The highest BCUT2D eigenvalue weighted by atomic mass is 35.5. The molecule has 2 aromatic carbocycles. The third-order valence-corrected chi connectivity index (χ3v) is 3.47. The van der Waals surface area contributed by atoms with Crippen LogP contribution in [-0.4, -0.2) is 0 Å². The summed E-state index contributed by atoms with van der Waals surface area (Å²) in [5.41, 5.74) is 2.67. The standard InChI is InChI=1S/C15H14Cl2FN/c1-10(16)13-4-2-3-5-15(13)19-9-11-8-12(18)6-7-14(11)17/h2-8,10,19H,9H2,1H3. The lowest BCUT2D eigenvalue weighted by atomic mass is 10.1. The number of anilines is 1. The molecular weight excluding hydrogens is 284 g/mol. The lowest BCUT2D eigenvalue weighted by Gasteiger charge is -2.14. The molecule has 0 spiro atoms. The summed E-state index contributed by atoms with van der Waals surface area (Å²) in [5.74, 6) is -0.291.